The van der Waals surface area contributed by atoms with Crippen LogP contribution in [0.5, 0.6) is 0 Å². The number of benzene rings is 2. The van der Waals surface area contributed by atoms with Crippen LogP contribution in [-0.2, 0) is 20.9 Å². The molecule has 0 fully saturated rings. The summed E-state index contributed by atoms with van der Waals surface area (Å²) < 4.78 is 4.99. The second kappa shape index (κ2) is 9.07. The van der Waals surface area contributed by atoms with Crippen molar-refractivity contribution in [2.75, 3.05) is 6.54 Å². The third-order valence-corrected chi connectivity index (χ3v) is 3.33. The highest BCUT2D eigenvalue weighted by Gasteiger charge is 2.20. The summed E-state index contributed by atoms with van der Waals surface area (Å²) in [5.41, 5.74) is 6.72. The van der Waals surface area contributed by atoms with Crippen LogP contribution in [0.15, 0.2) is 60.7 Å². The summed E-state index contributed by atoms with van der Waals surface area (Å²) in [5, 5.41) is 4.80. The fraction of sp³-hybridized carbons (Fsp3) is 0.167. The first-order valence-corrected chi connectivity index (χ1v) is 7.64. The van der Waals surface area contributed by atoms with Gasteiger partial charge in [-0.05, 0) is 11.1 Å². The van der Waals surface area contributed by atoms with Crippen molar-refractivity contribution in [1.29, 1.82) is 0 Å². The minimum atomic E-state index is -0.962. The molecular weight excluding hydrogens is 322 g/mol. The third kappa shape index (κ3) is 5.98. The van der Waals surface area contributed by atoms with Gasteiger partial charge in [-0.3, -0.25) is 9.59 Å². The van der Waals surface area contributed by atoms with Crippen LogP contribution < -0.4 is 16.4 Å². The quantitative estimate of drug-likeness (QED) is 0.704. The second-order valence-electron chi connectivity index (χ2n) is 5.23. The van der Waals surface area contributed by atoms with E-state index in [2.05, 4.69) is 10.6 Å². The van der Waals surface area contributed by atoms with E-state index in [0.29, 0.717) is 5.56 Å². The van der Waals surface area contributed by atoms with Crippen molar-refractivity contribution < 1.29 is 19.1 Å². The average Bonchev–Trinajstić information content (AvgIpc) is 2.64. The smallest absolute Gasteiger partial charge is 0.407 e. The number of nitrogens with two attached hydrogens (primary N) is 1. The maximum Gasteiger partial charge on any atom is 0.407 e. The number of amides is 3. The third-order valence-electron chi connectivity index (χ3n) is 3.33. The fourth-order valence-corrected chi connectivity index (χ4v) is 2.10. The van der Waals surface area contributed by atoms with Gasteiger partial charge in [-0.1, -0.05) is 60.7 Å². The van der Waals surface area contributed by atoms with E-state index in [-0.39, 0.29) is 13.2 Å². The predicted molar refractivity (Wildman–Crippen MR) is 91.1 cm³/mol. The molecule has 25 heavy (non-hydrogen) atoms. The van der Waals surface area contributed by atoms with E-state index in [4.69, 9.17) is 10.5 Å². The summed E-state index contributed by atoms with van der Waals surface area (Å²) in [7, 11) is 0. The summed E-state index contributed by atoms with van der Waals surface area (Å²) in [6, 6.07) is 16.8. The lowest BCUT2D eigenvalue weighted by molar-refractivity contribution is -0.127. The molecule has 2 rings (SSSR count). The molecule has 7 heteroatoms. The Morgan fingerprint density at radius 2 is 1.56 bits per heavy atom. The van der Waals surface area contributed by atoms with E-state index in [1.54, 1.807) is 30.3 Å². The van der Waals surface area contributed by atoms with Gasteiger partial charge in [0.25, 0.3) is 0 Å². The summed E-state index contributed by atoms with van der Waals surface area (Å²) in [6.45, 7) is -0.230. The molecule has 0 aromatic heterocycles. The standard InChI is InChI=1S/C18H19N3O4/c19-17(23)16(14-9-5-2-6-10-14)21-15(22)11-20-18(24)25-12-13-7-3-1-4-8-13/h1-10,16H,11-12H2,(H2,19,23)(H,20,24)(H,21,22)/t16-/m1/s1. The van der Waals surface area contributed by atoms with Gasteiger partial charge in [-0.15, -0.1) is 0 Å². The first kappa shape index (κ1) is 18.0. The fourth-order valence-electron chi connectivity index (χ4n) is 2.10. The summed E-state index contributed by atoms with van der Waals surface area (Å²) >= 11 is 0. The molecule has 4 N–H and O–H groups in total. The summed E-state index contributed by atoms with van der Waals surface area (Å²) in [6.07, 6.45) is -0.727. The molecule has 0 bridgehead atoms. The number of hydrogen-bond acceptors (Lipinski definition) is 4. The highest BCUT2D eigenvalue weighted by atomic mass is 16.5. The Kier molecular flexibility index (Phi) is 6.53. The van der Waals surface area contributed by atoms with Gasteiger partial charge in [0.1, 0.15) is 19.2 Å². The number of rotatable bonds is 7. The molecular formula is C18H19N3O4. The number of carbonyl (C=O) groups is 3. The Hall–Kier alpha value is -3.35. The summed E-state index contributed by atoms with van der Waals surface area (Å²) in [4.78, 5) is 35.1. The number of primary amides is 1. The average molecular weight is 341 g/mol. The maximum absolute atomic E-state index is 11.9. The first-order valence-electron chi connectivity index (χ1n) is 7.64. The largest absolute Gasteiger partial charge is 0.445 e. The Morgan fingerprint density at radius 3 is 2.16 bits per heavy atom. The highest BCUT2D eigenvalue weighted by Crippen LogP contribution is 2.11. The molecule has 7 nitrogen and oxygen atoms in total. The SMILES string of the molecule is NC(=O)[C@H](NC(=O)CNC(=O)OCc1ccccc1)c1ccccc1. The molecule has 1 atom stereocenters. The number of ether oxygens (including phenoxy) is 1. The van der Waals surface area contributed by atoms with Crippen LogP contribution in [0.2, 0.25) is 0 Å². The van der Waals surface area contributed by atoms with Crippen molar-refractivity contribution in [1.82, 2.24) is 10.6 Å². The first-order chi connectivity index (χ1) is 12.1. The van der Waals surface area contributed by atoms with Crippen molar-refractivity contribution in [3.63, 3.8) is 0 Å². The van der Waals surface area contributed by atoms with Gasteiger partial charge in [0.15, 0.2) is 0 Å². The molecule has 2 aromatic carbocycles. The Morgan fingerprint density at radius 1 is 0.960 bits per heavy atom. The van der Waals surface area contributed by atoms with Crippen LogP contribution in [0.1, 0.15) is 17.2 Å². The molecule has 0 spiro atoms. The van der Waals surface area contributed by atoms with Crippen molar-refractivity contribution >= 4 is 17.9 Å². The van der Waals surface area contributed by atoms with Crippen molar-refractivity contribution in [2.45, 2.75) is 12.6 Å². The van der Waals surface area contributed by atoms with Crippen molar-refractivity contribution in [3.05, 3.63) is 71.8 Å². The normalized spacial score (nSPS) is 11.2. The molecule has 0 aliphatic heterocycles. The van der Waals surface area contributed by atoms with Crippen LogP contribution in [0.25, 0.3) is 0 Å². The van der Waals surface area contributed by atoms with Gasteiger partial charge in [-0.25, -0.2) is 4.79 Å². The predicted octanol–water partition coefficient (Wildman–Crippen LogP) is 1.26. The van der Waals surface area contributed by atoms with Crippen molar-refractivity contribution in [2.24, 2.45) is 5.73 Å². The number of nitrogens with one attached hydrogen (secondary N) is 2. The zero-order valence-corrected chi connectivity index (χ0v) is 13.5. The molecule has 0 saturated heterocycles. The van der Waals surface area contributed by atoms with E-state index in [1.807, 2.05) is 30.3 Å². The molecule has 0 heterocycles. The number of carbonyl (C=O) groups excluding carboxylic acids is 3. The van der Waals surface area contributed by atoms with Crippen LogP contribution in [-0.4, -0.2) is 24.5 Å². The van der Waals surface area contributed by atoms with Gasteiger partial charge in [-0.2, -0.15) is 0 Å². The van der Waals surface area contributed by atoms with E-state index in [9.17, 15) is 14.4 Å². The lowest BCUT2D eigenvalue weighted by atomic mass is 10.1. The number of hydrogen-bond donors (Lipinski definition) is 3. The highest BCUT2D eigenvalue weighted by molar-refractivity contribution is 5.89. The molecule has 2 aromatic rings. The lowest BCUT2D eigenvalue weighted by Gasteiger charge is -2.16. The zero-order valence-electron chi connectivity index (χ0n) is 13.5. The van der Waals surface area contributed by atoms with Gasteiger partial charge < -0.3 is 21.1 Å². The molecule has 130 valence electrons. The molecule has 0 saturated carbocycles. The molecule has 0 aliphatic carbocycles. The zero-order chi connectivity index (χ0) is 18.1. The Balaban J connectivity index is 1.79. The molecule has 0 radical (unpaired) electrons. The van der Waals surface area contributed by atoms with E-state index in [1.165, 1.54) is 0 Å². The van der Waals surface area contributed by atoms with Crippen LogP contribution in [0.3, 0.4) is 0 Å². The molecule has 3 amide bonds. The monoisotopic (exact) mass is 341 g/mol. The van der Waals surface area contributed by atoms with Gasteiger partial charge >= 0.3 is 6.09 Å². The van der Waals surface area contributed by atoms with Crippen molar-refractivity contribution in [3.8, 4) is 0 Å². The van der Waals surface area contributed by atoms with Gasteiger partial charge in [0, 0.05) is 0 Å². The topological polar surface area (TPSA) is 111 Å². The van der Waals surface area contributed by atoms with Gasteiger partial charge in [0.05, 0.1) is 0 Å². The molecule has 0 unspecified atom stereocenters. The van der Waals surface area contributed by atoms with E-state index >= 15 is 0 Å². The van der Waals surface area contributed by atoms with Crippen LogP contribution >= 0.6 is 0 Å². The lowest BCUT2D eigenvalue weighted by Crippen LogP contribution is -2.42. The summed E-state index contributed by atoms with van der Waals surface area (Å²) in [5.74, 6) is -1.24. The Bertz CT molecular complexity index is 720. The number of alkyl carbamates (subject to hydrolysis) is 1. The second-order valence-corrected chi connectivity index (χ2v) is 5.23. The van der Waals surface area contributed by atoms with Gasteiger partial charge in [0.2, 0.25) is 11.8 Å². The minimum absolute atomic E-state index is 0.0994. The Labute approximate surface area is 145 Å². The van der Waals surface area contributed by atoms with E-state index < -0.39 is 23.9 Å². The molecule has 0 aliphatic rings. The maximum atomic E-state index is 11.9. The van der Waals surface area contributed by atoms with Crippen LogP contribution in [0.4, 0.5) is 4.79 Å². The van der Waals surface area contributed by atoms with E-state index in [0.717, 1.165) is 5.56 Å². The minimum Gasteiger partial charge on any atom is -0.445 e. The van der Waals surface area contributed by atoms with Crippen LogP contribution in [0, 0.1) is 0 Å².